The highest BCUT2D eigenvalue weighted by atomic mass is 16.5. The lowest BCUT2D eigenvalue weighted by atomic mass is 9.84. The van der Waals surface area contributed by atoms with Crippen molar-refractivity contribution in [1.29, 1.82) is 0 Å². The Morgan fingerprint density at radius 1 is 0.848 bits per heavy atom. The fourth-order valence-electron chi connectivity index (χ4n) is 6.33. The van der Waals surface area contributed by atoms with Gasteiger partial charge in [0.25, 0.3) is 0 Å². The number of esters is 1. The second-order valence-corrected chi connectivity index (χ2v) is 11.1. The zero-order chi connectivity index (χ0) is 31.8. The SMILES string of the molecule is COc1cccc(C=C2Oc3c(ccc4c3C(c3cccc(OC)c3OCCc3ccc5c(c3)CCO5)CC(=O)O4)C2=O)c1OC. The summed E-state index contributed by atoms with van der Waals surface area (Å²) in [4.78, 5) is 26.6. The molecule has 9 heteroatoms. The molecule has 234 valence electrons. The molecule has 0 aromatic heterocycles. The monoisotopic (exact) mass is 620 g/mol. The van der Waals surface area contributed by atoms with Gasteiger partial charge >= 0.3 is 5.97 Å². The Hall–Kier alpha value is -5.44. The van der Waals surface area contributed by atoms with E-state index >= 15 is 0 Å². The second kappa shape index (κ2) is 12.2. The number of benzene rings is 4. The molecule has 0 fully saturated rings. The van der Waals surface area contributed by atoms with Gasteiger partial charge in [-0.3, -0.25) is 9.59 Å². The van der Waals surface area contributed by atoms with Crippen molar-refractivity contribution in [2.24, 2.45) is 0 Å². The summed E-state index contributed by atoms with van der Waals surface area (Å²) in [7, 11) is 4.67. The normalized spacial score (nSPS) is 16.9. The highest BCUT2D eigenvalue weighted by Gasteiger charge is 2.40. The maximum atomic E-state index is 13.6. The fourth-order valence-corrected chi connectivity index (χ4v) is 6.33. The first-order chi connectivity index (χ1) is 22.5. The van der Waals surface area contributed by atoms with Gasteiger partial charge in [-0.15, -0.1) is 0 Å². The van der Waals surface area contributed by atoms with E-state index in [1.165, 1.54) is 12.7 Å². The molecular weight excluding hydrogens is 588 g/mol. The smallest absolute Gasteiger partial charge is 0.312 e. The Morgan fingerprint density at radius 2 is 1.63 bits per heavy atom. The zero-order valence-electron chi connectivity index (χ0n) is 25.7. The third kappa shape index (κ3) is 5.17. The number of methoxy groups -OCH3 is 3. The number of Topliss-reactive ketones (excluding diaryl/α,β-unsaturated/α-hetero) is 1. The highest BCUT2D eigenvalue weighted by molar-refractivity contribution is 6.15. The molecular formula is C37H32O9. The molecule has 0 aliphatic carbocycles. The van der Waals surface area contributed by atoms with Crippen LogP contribution in [0.4, 0.5) is 0 Å². The van der Waals surface area contributed by atoms with Crippen LogP contribution >= 0.6 is 0 Å². The minimum Gasteiger partial charge on any atom is -0.493 e. The van der Waals surface area contributed by atoms with Crippen molar-refractivity contribution in [3.05, 3.63) is 106 Å². The van der Waals surface area contributed by atoms with Gasteiger partial charge in [0.05, 0.1) is 46.5 Å². The molecule has 0 spiro atoms. The van der Waals surface area contributed by atoms with E-state index in [2.05, 4.69) is 6.07 Å². The molecule has 0 saturated carbocycles. The molecule has 0 N–H and O–H groups in total. The van der Waals surface area contributed by atoms with Crippen molar-refractivity contribution in [1.82, 2.24) is 0 Å². The predicted molar refractivity (Wildman–Crippen MR) is 169 cm³/mol. The van der Waals surface area contributed by atoms with Gasteiger partial charge in [0.2, 0.25) is 5.78 Å². The van der Waals surface area contributed by atoms with Crippen LogP contribution in [0.15, 0.2) is 72.5 Å². The van der Waals surface area contributed by atoms with Gasteiger partial charge in [0.15, 0.2) is 28.8 Å². The number of allylic oxidation sites excluding steroid dienone is 1. The quantitative estimate of drug-likeness (QED) is 0.121. The van der Waals surface area contributed by atoms with Crippen molar-refractivity contribution in [3.63, 3.8) is 0 Å². The number of rotatable bonds is 9. The summed E-state index contributed by atoms with van der Waals surface area (Å²) in [5, 5.41) is 0. The molecule has 9 nitrogen and oxygen atoms in total. The van der Waals surface area contributed by atoms with E-state index in [9.17, 15) is 9.59 Å². The van der Waals surface area contributed by atoms with Gasteiger partial charge in [-0.25, -0.2) is 0 Å². The van der Waals surface area contributed by atoms with E-state index < -0.39 is 11.9 Å². The number of hydrogen-bond donors (Lipinski definition) is 0. The third-order valence-corrected chi connectivity index (χ3v) is 8.50. The van der Waals surface area contributed by atoms with Gasteiger partial charge in [0, 0.05) is 35.4 Å². The van der Waals surface area contributed by atoms with E-state index in [4.69, 9.17) is 33.2 Å². The average molecular weight is 621 g/mol. The molecule has 0 radical (unpaired) electrons. The Kier molecular flexibility index (Phi) is 7.74. The lowest BCUT2D eigenvalue weighted by Gasteiger charge is -2.28. The largest absolute Gasteiger partial charge is 0.493 e. The number of carbonyl (C=O) groups excluding carboxylic acids is 2. The summed E-state index contributed by atoms with van der Waals surface area (Å²) in [6, 6.07) is 20.5. The van der Waals surface area contributed by atoms with Crippen molar-refractivity contribution < 1.29 is 42.7 Å². The number of ketones is 1. The molecule has 3 aliphatic rings. The molecule has 0 bridgehead atoms. The molecule has 0 amide bonds. The molecule has 3 heterocycles. The first-order valence-electron chi connectivity index (χ1n) is 15.1. The van der Waals surface area contributed by atoms with Crippen LogP contribution in [-0.2, 0) is 17.6 Å². The number of para-hydroxylation sites is 2. The number of hydrogen-bond acceptors (Lipinski definition) is 9. The lowest BCUT2D eigenvalue weighted by molar-refractivity contribution is -0.135. The first-order valence-corrected chi connectivity index (χ1v) is 15.1. The topological polar surface area (TPSA) is 98.8 Å². The van der Waals surface area contributed by atoms with Crippen molar-refractivity contribution >= 4 is 17.8 Å². The number of ether oxygens (including phenoxy) is 7. The van der Waals surface area contributed by atoms with E-state index in [1.54, 1.807) is 44.6 Å². The van der Waals surface area contributed by atoms with Crippen molar-refractivity contribution in [2.75, 3.05) is 34.5 Å². The van der Waals surface area contributed by atoms with Crippen LogP contribution in [0, 0.1) is 0 Å². The van der Waals surface area contributed by atoms with Gasteiger partial charge in [-0.1, -0.05) is 36.4 Å². The molecule has 3 aliphatic heterocycles. The van der Waals surface area contributed by atoms with E-state index in [0.29, 0.717) is 70.8 Å². The van der Waals surface area contributed by atoms with Gasteiger partial charge in [0.1, 0.15) is 17.2 Å². The summed E-state index contributed by atoms with van der Waals surface area (Å²) in [5.41, 5.74) is 4.67. The van der Waals surface area contributed by atoms with Crippen molar-refractivity contribution in [2.45, 2.75) is 25.2 Å². The molecule has 46 heavy (non-hydrogen) atoms. The van der Waals surface area contributed by atoms with Crippen LogP contribution in [0.2, 0.25) is 0 Å². The predicted octanol–water partition coefficient (Wildman–Crippen LogP) is 6.33. The standard InChI is InChI=1S/C37H32O9/c1-40-29-8-4-6-23(35(29)42-3)19-31-34(39)25-11-13-28-33(37(25)46-31)26(20-32(38)45-28)24-7-5-9-30(41-2)36(24)44-16-14-21-10-12-27-22(18-21)15-17-43-27/h4-13,18-19,26H,14-17,20H2,1-3H3. The average Bonchev–Trinajstić information content (AvgIpc) is 3.67. The molecule has 4 aromatic rings. The van der Waals surface area contributed by atoms with Crippen molar-refractivity contribution in [3.8, 4) is 40.2 Å². The lowest BCUT2D eigenvalue weighted by Crippen LogP contribution is -2.22. The summed E-state index contributed by atoms with van der Waals surface area (Å²) >= 11 is 0. The summed E-state index contributed by atoms with van der Waals surface area (Å²) in [6.07, 6.45) is 3.23. The maximum absolute atomic E-state index is 13.6. The van der Waals surface area contributed by atoms with Crippen LogP contribution in [0.3, 0.4) is 0 Å². The van der Waals surface area contributed by atoms with Gasteiger partial charge in [-0.2, -0.15) is 0 Å². The maximum Gasteiger partial charge on any atom is 0.312 e. The van der Waals surface area contributed by atoms with Gasteiger partial charge in [-0.05, 0) is 47.5 Å². The Labute approximate surface area is 266 Å². The summed E-state index contributed by atoms with van der Waals surface area (Å²) in [6.45, 7) is 1.09. The zero-order valence-corrected chi connectivity index (χ0v) is 25.7. The van der Waals surface area contributed by atoms with Crippen LogP contribution in [0.1, 0.15) is 50.5 Å². The van der Waals surface area contributed by atoms with Gasteiger partial charge < -0.3 is 33.2 Å². The Balaban J connectivity index is 1.24. The van der Waals surface area contributed by atoms with E-state index in [0.717, 1.165) is 23.3 Å². The minimum atomic E-state index is -0.521. The Morgan fingerprint density at radius 3 is 2.43 bits per heavy atom. The van der Waals surface area contributed by atoms with E-state index in [-0.39, 0.29) is 18.0 Å². The summed E-state index contributed by atoms with van der Waals surface area (Å²) in [5.74, 6) is 2.60. The van der Waals surface area contributed by atoms with Crippen LogP contribution in [0.5, 0.6) is 40.2 Å². The number of carbonyl (C=O) groups is 2. The highest BCUT2D eigenvalue weighted by Crippen LogP contribution is 2.52. The molecule has 0 saturated heterocycles. The first kappa shape index (κ1) is 29.3. The molecule has 1 unspecified atom stereocenters. The fraction of sp³-hybridized carbons (Fsp3) is 0.243. The van der Waals surface area contributed by atoms with Crippen LogP contribution in [-0.4, -0.2) is 46.3 Å². The van der Waals surface area contributed by atoms with E-state index in [1.807, 2.05) is 36.4 Å². The van der Waals surface area contributed by atoms with Crippen LogP contribution in [0.25, 0.3) is 6.08 Å². The number of fused-ring (bicyclic) bond motifs is 4. The minimum absolute atomic E-state index is 0.0259. The molecule has 7 rings (SSSR count). The second-order valence-electron chi connectivity index (χ2n) is 11.1. The summed E-state index contributed by atoms with van der Waals surface area (Å²) < 4.78 is 40.7. The molecule has 4 aromatic carbocycles. The Bertz CT molecular complexity index is 1890. The van der Waals surface area contributed by atoms with Crippen LogP contribution < -0.4 is 33.2 Å². The third-order valence-electron chi connectivity index (χ3n) is 8.50. The molecule has 1 atom stereocenters.